The molecule has 134 valence electrons. The SMILES string of the molecule is Cc1ccc(/C=C/S(=O)(=O)NCc2ccc(-c3cnn(C)c3)nc2)cc1. The molecule has 3 rings (SSSR count). The molecule has 0 saturated heterocycles. The highest BCUT2D eigenvalue weighted by molar-refractivity contribution is 7.92. The first-order valence-electron chi connectivity index (χ1n) is 8.10. The first-order valence-corrected chi connectivity index (χ1v) is 9.64. The van der Waals surface area contributed by atoms with Gasteiger partial charge in [0.2, 0.25) is 10.0 Å². The van der Waals surface area contributed by atoms with Crippen LogP contribution in [0, 0.1) is 6.92 Å². The van der Waals surface area contributed by atoms with Gasteiger partial charge in [-0.25, -0.2) is 13.1 Å². The summed E-state index contributed by atoms with van der Waals surface area (Å²) < 4.78 is 28.5. The molecule has 1 N–H and O–H groups in total. The van der Waals surface area contributed by atoms with Crippen molar-refractivity contribution in [2.45, 2.75) is 13.5 Å². The summed E-state index contributed by atoms with van der Waals surface area (Å²) in [6.07, 6.45) is 6.85. The lowest BCUT2D eigenvalue weighted by molar-refractivity contribution is 0.590. The van der Waals surface area contributed by atoms with E-state index in [0.29, 0.717) is 0 Å². The predicted molar refractivity (Wildman–Crippen MR) is 102 cm³/mol. The van der Waals surface area contributed by atoms with Crippen LogP contribution >= 0.6 is 0 Å². The molecule has 0 radical (unpaired) electrons. The molecule has 0 aliphatic carbocycles. The lowest BCUT2D eigenvalue weighted by atomic mass is 10.2. The van der Waals surface area contributed by atoms with Crippen LogP contribution in [0.4, 0.5) is 0 Å². The zero-order valence-electron chi connectivity index (χ0n) is 14.6. The van der Waals surface area contributed by atoms with E-state index >= 15 is 0 Å². The summed E-state index contributed by atoms with van der Waals surface area (Å²) in [5, 5.41) is 5.29. The van der Waals surface area contributed by atoms with Crippen molar-refractivity contribution >= 4 is 16.1 Å². The Labute approximate surface area is 153 Å². The lowest BCUT2D eigenvalue weighted by Gasteiger charge is -2.04. The molecule has 0 unspecified atom stereocenters. The minimum absolute atomic E-state index is 0.181. The average molecular weight is 368 g/mol. The fourth-order valence-corrected chi connectivity index (χ4v) is 3.13. The third kappa shape index (κ3) is 4.87. The Hall–Kier alpha value is -2.77. The summed E-state index contributed by atoms with van der Waals surface area (Å²) in [6, 6.07) is 11.3. The molecule has 0 atom stereocenters. The summed E-state index contributed by atoms with van der Waals surface area (Å²) in [5.41, 5.74) is 4.46. The van der Waals surface area contributed by atoms with Crippen LogP contribution in [0.2, 0.25) is 0 Å². The van der Waals surface area contributed by atoms with Gasteiger partial charge in [-0.3, -0.25) is 9.67 Å². The minimum Gasteiger partial charge on any atom is -0.275 e. The van der Waals surface area contributed by atoms with Gasteiger partial charge in [0.1, 0.15) is 0 Å². The zero-order chi connectivity index (χ0) is 18.6. The van der Waals surface area contributed by atoms with Gasteiger partial charge in [0.25, 0.3) is 0 Å². The van der Waals surface area contributed by atoms with Crippen molar-refractivity contribution in [2.24, 2.45) is 7.05 Å². The molecule has 0 spiro atoms. The first kappa shape index (κ1) is 18.0. The third-order valence-corrected chi connectivity index (χ3v) is 4.86. The Morgan fingerprint density at radius 3 is 2.50 bits per heavy atom. The van der Waals surface area contributed by atoms with E-state index in [9.17, 15) is 8.42 Å². The molecule has 0 aliphatic rings. The largest absolute Gasteiger partial charge is 0.275 e. The van der Waals surface area contributed by atoms with Crippen LogP contribution in [0.3, 0.4) is 0 Å². The highest BCUT2D eigenvalue weighted by Crippen LogP contribution is 2.15. The van der Waals surface area contributed by atoms with E-state index in [4.69, 9.17) is 0 Å². The molecule has 1 aromatic carbocycles. The summed E-state index contributed by atoms with van der Waals surface area (Å²) in [7, 11) is -1.67. The molecule has 0 bridgehead atoms. The van der Waals surface area contributed by atoms with Gasteiger partial charge >= 0.3 is 0 Å². The fraction of sp³-hybridized carbons (Fsp3) is 0.158. The van der Waals surface area contributed by atoms with Crippen molar-refractivity contribution in [3.8, 4) is 11.3 Å². The van der Waals surface area contributed by atoms with E-state index in [1.165, 1.54) is 5.41 Å². The molecule has 26 heavy (non-hydrogen) atoms. The van der Waals surface area contributed by atoms with E-state index in [1.54, 1.807) is 23.2 Å². The van der Waals surface area contributed by atoms with Gasteiger partial charge in [-0.15, -0.1) is 0 Å². The molecule has 2 aromatic heterocycles. The third-order valence-electron chi connectivity index (χ3n) is 3.82. The standard InChI is InChI=1S/C19H20N4O2S/c1-15-3-5-16(6-4-15)9-10-26(24,25)22-12-17-7-8-19(20-11-17)18-13-21-23(2)14-18/h3-11,13-14,22H,12H2,1-2H3/b10-9+. The number of nitrogens with zero attached hydrogens (tertiary/aromatic N) is 3. The van der Waals surface area contributed by atoms with Gasteiger partial charge in [-0.1, -0.05) is 35.9 Å². The highest BCUT2D eigenvalue weighted by Gasteiger charge is 2.06. The fourth-order valence-electron chi connectivity index (χ4n) is 2.33. The Kier molecular flexibility index (Phi) is 5.29. The number of pyridine rings is 1. The summed E-state index contributed by atoms with van der Waals surface area (Å²) in [4.78, 5) is 4.36. The van der Waals surface area contributed by atoms with Crippen LogP contribution in [-0.2, 0) is 23.6 Å². The summed E-state index contributed by atoms with van der Waals surface area (Å²) in [6.45, 7) is 2.17. The van der Waals surface area contributed by atoms with Gasteiger partial charge in [0.05, 0.1) is 11.9 Å². The van der Waals surface area contributed by atoms with E-state index < -0.39 is 10.0 Å². The quantitative estimate of drug-likeness (QED) is 0.726. The second-order valence-corrected chi connectivity index (χ2v) is 7.68. The maximum Gasteiger partial charge on any atom is 0.234 e. The molecule has 0 aliphatic heterocycles. The second kappa shape index (κ2) is 7.63. The van der Waals surface area contributed by atoms with Crippen molar-refractivity contribution in [3.63, 3.8) is 0 Å². The number of aryl methyl sites for hydroxylation is 2. The monoisotopic (exact) mass is 368 g/mol. The number of aromatic nitrogens is 3. The molecular weight excluding hydrogens is 348 g/mol. The molecule has 3 aromatic rings. The van der Waals surface area contributed by atoms with Crippen LogP contribution in [0.15, 0.2) is 60.4 Å². The van der Waals surface area contributed by atoms with Gasteiger partial charge in [-0.2, -0.15) is 5.10 Å². The number of nitrogens with one attached hydrogen (secondary N) is 1. The van der Waals surface area contributed by atoms with Gasteiger partial charge < -0.3 is 0 Å². The molecule has 7 heteroatoms. The van der Waals surface area contributed by atoms with Gasteiger partial charge in [-0.05, 0) is 30.2 Å². The van der Waals surface area contributed by atoms with Crippen molar-refractivity contribution in [1.82, 2.24) is 19.5 Å². The van der Waals surface area contributed by atoms with Crippen LogP contribution in [0.5, 0.6) is 0 Å². The molecule has 0 saturated carbocycles. The smallest absolute Gasteiger partial charge is 0.234 e. The topological polar surface area (TPSA) is 76.9 Å². The second-order valence-electron chi connectivity index (χ2n) is 6.03. The Morgan fingerprint density at radius 1 is 1.12 bits per heavy atom. The Balaban J connectivity index is 1.61. The molecule has 6 nitrogen and oxygen atoms in total. The normalized spacial score (nSPS) is 11.9. The summed E-state index contributed by atoms with van der Waals surface area (Å²) >= 11 is 0. The summed E-state index contributed by atoms with van der Waals surface area (Å²) in [5.74, 6) is 0. The van der Waals surface area contributed by atoms with Crippen molar-refractivity contribution in [1.29, 1.82) is 0 Å². The number of sulfonamides is 1. The van der Waals surface area contributed by atoms with E-state index in [-0.39, 0.29) is 6.54 Å². The van der Waals surface area contributed by atoms with Crippen LogP contribution < -0.4 is 4.72 Å². The van der Waals surface area contributed by atoms with Crippen molar-refractivity contribution < 1.29 is 8.42 Å². The number of hydrogen-bond donors (Lipinski definition) is 1. The predicted octanol–water partition coefficient (Wildman–Crippen LogP) is 2.88. The first-order chi connectivity index (χ1) is 12.4. The minimum atomic E-state index is -3.52. The van der Waals surface area contributed by atoms with E-state index in [0.717, 1.165) is 27.9 Å². The number of benzene rings is 1. The highest BCUT2D eigenvalue weighted by atomic mass is 32.2. The molecular formula is C19H20N4O2S. The van der Waals surface area contributed by atoms with Crippen molar-refractivity contribution in [3.05, 3.63) is 77.1 Å². The molecule has 2 heterocycles. The van der Waals surface area contributed by atoms with Crippen LogP contribution in [0.1, 0.15) is 16.7 Å². The number of hydrogen-bond acceptors (Lipinski definition) is 4. The Morgan fingerprint density at radius 2 is 1.88 bits per heavy atom. The number of rotatable bonds is 6. The van der Waals surface area contributed by atoms with Crippen molar-refractivity contribution in [2.75, 3.05) is 0 Å². The van der Waals surface area contributed by atoms with Crippen LogP contribution in [-0.4, -0.2) is 23.2 Å². The molecule has 0 amide bonds. The zero-order valence-corrected chi connectivity index (χ0v) is 15.4. The van der Waals surface area contributed by atoms with E-state index in [1.807, 2.05) is 56.6 Å². The maximum atomic E-state index is 12.1. The molecule has 0 fully saturated rings. The van der Waals surface area contributed by atoms with Gasteiger partial charge in [0, 0.05) is 37.0 Å². The Bertz CT molecular complexity index is 1000. The maximum absolute atomic E-state index is 12.1. The van der Waals surface area contributed by atoms with Crippen LogP contribution in [0.25, 0.3) is 17.3 Å². The lowest BCUT2D eigenvalue weighted by Crippen LogP contribution is -2.20. The van der Waals surface area contributed by atoms with Gasteiger partial charge in [0.15, 0.2) is 0 Å². The average Bonchev–Trinajstić information content (AvgIpc) is 3.07. The van der Waals surface area contributed by atoms with E-state index in [2.05, 4.69) is 14.8 Å².